The standard InChI is InChI=1S/C20H20N4O5/c1-20(26,15-12-28-24-18(15)16-4-2-3-8-21-16)29-17-6-5-13(10-22-17)19(25)23-14-7-9-27-11-14/h2-6,8,10,12,14,26H,7,9,11H2,1H3,(H,23,25)/t14?,20-/m0/s1. The lowest BCUT2D eigenvalue weighted by atomic mass is 10.1. The molecule has 1 saturated heterocycles. The second-order valence-electron chi connectivity index (χ2n) is 6.80. The van der Waals surface area contributed by atoms with E-state index in [0.29, 0.717) is 35.7 Å². The maximum atomic E-state index is 12.3. The van der Waals surface area contributed by atoms with Crippen molar-refractivity contribution < 1.29 is 23.9 Å². The molecule has 9 heteroatoms. The van der Waals surface area contributed by atoms with E-state index in [4.69, 9.17) is 14.0 Å². The molecule has 1 amide bonds. The fourth-order valence-electron chi connectivity index (χ4n) is 3.00. The molecule has 1 aliphatic rings. The molecule has 0 spiro atoms. The summed E-state index contributed by atoms with van der Waals surface area (Å²) in [6.45, 7) is 2.61. The second-order valence-corrected chi connectivity index (χ2v) is 6.80. The van der Waals surface area contributed by atoms with Gasteiger partial charge in [-0.05, 0) is 24.6 Å². The van der Waals surface area contributed by atoms with Crippen LogP contribution in [-0.2, 0) is 10.5 Å². The minimum Gasteiger partial charge on any atom is -0.441 e. The highest BCUT2D eigenvalue weighted by molar-refractivity contribution is 5.94. The van der Waals surface area contributed by atoms with Crippen LogP contribution in [0.3, 0.4) is 0 Å². The highest BCUT2D eigenvalue weighted by Gasteiger charge is 2.33. The van der Waals surface area contributed by atoms with Gasteiger partial charge in [0.15, 0.2) is 0 Å². The molecule has 4 rings (SSSR count). The maximum absolute atomic E-state index is 12.3. The van der Waals surface area contributed by atoms with E-state index in [1.54, 1.807) is 30.5 Å². The van der Waals surface area contributed by atoms with Crippen molar-refractivity contribution in [2.75, 3.05) is 13.2 Å². The summed E-state index contributed by atoms with van der Waals surface area (Å²) in [7, 11) is 0. The summed E-state index contributed by atoms with van der Waals surface area (Å²) in [5.74, 6) is -1.86. The van der Waals surface area contributed by atoms with Crippen molar-refractivity contribution in [3.05, 3.63) is 60.1 Å². The summed E-state index contributed by atoms with van der Waals surface area (Å²) >= 11 is 0. The predicted molar refractivity (Wildman–Crippen MR) is 101 cm³/mol. The Balaban J connectivity index is 1.47. The van der Waals surface area contributed by atoms with E-state index >= 15 is 0 Å². The first-order valence-electron chi connectivity index (χ1n) is 9.15. The lowest BCUT2D eigenvalue weighted by Gasteiger charge is -2.23. The summed E-state index contributed by atoms with van der Waals surface area (Å²) in [4.78, 5) is 20.6. The van der Waals surface area contributed by atoms with Crippen LogP contribution in [0.4, 0.5) is 0 Å². The average molecular weight is 396 g/mol. The summed E-state index contributed by atoms with van der Waals surface area (Å²) in [5.41, 5.74) is 1.60. The number of carbonyl (C=O) groups is 1. The average Bonchev–Trinajstić information content (AvgIpc) is 3.41. The maximum Gasteiger partial charge on any atom is 0.253 e. The molecule has 0 aliphatic carbocycles. The van der Waals surface area contributed by atoms with E-state index in [2.05, 4.69) is 20.4 Å². The van der Waals surface area contributed by atoms with E-state index in [-0.39, 0.29) is 17.8 Å². The molecular weight excluding hydrogens is 376 g/mol. The Kier molecular flexibility index (Phi) is 5.24. The molecule has 1 unspecified atom stereocenters. The van der Waals surface area contributed by atoms with Gasteiger partial charge < -0.3 is 24.4 Å². The molecule has 0 bridgehead atoms. The molecule has 1 fully saturated rings. The Morgan fingerprint density at radius 1 is 1.31 bits per heavy atom. The van der Waals surface area contributed by atoms with Crippen LogP contribution in [0.5, 0.6) is 5.88 Å². The van der Waals surface area contributed by atoms with Gasteiger partial charge in [0.05, 0.1) is 29.5 Å². The summed E-state index contributed by atoms with van der Waals surface area (Å²) in [5, 5.41) is 17.7. The van der Waals surface area contributed by atoms with Crippen molar-refractivity contribution in [2.24, 2.45) is 0 Å². The minimum absolute atomic E-state index is 0.0118. The summed E-state index contributed by atoms with van der Waals surface area (Å²) < 4.78 is 15.9. The molecule has 1 aliphatic heterocycles. The van der Waals surface area contributed by atoms with Crippen LogP contribution < -0.4 is 10.1 Å². The number of nitrogens with zero attached hydrogens (tertiary/aromatic N) is 3. The second kappa shape index (κ2) is 7.98. The number of aliphatic hydroxyl groups is 1. The molecular formula is C20H20N4O5. The van der Waals surface area contributed by atoms with Gasteiger partial charge in [0.2, 0.25) is 11.7 Å². The number of carbonyl (C=O) groups excluding carboxylic acids is 1. The van der Waals surface area contributed by atoms with Crippen molar-refractivity contribution in [1.29, 1.82) is 0 Å². The van der Waals surface area contributed by atoms with Crippen molar-refractivity contribution >= 4 is 5.91 Å². The van der Waals surface area contributed by atoms with Crippen molar-refractivity contribution in [2.45, 2.75) is 25.2 Å². The Bertz CT molecular complexity index is 966. The largest absolute Gasteiger partial charge is 0.441 e. The van der Waals surface area contributed by atoms with Crippen LogP contribution >= 0.6 is 0 Å². The number of pyridine rings is 2. The third-order valence-corrected chi connectivity index (χ3v) is 4.54. The first kappa shape index (κ1) is 19.0. The van der Waals surface area contributed by atoms with Crippen molar-refractivity contribution in [1.82, 2.24) is 20.4 Å². The normalized spacial score (nSPS) is 18.2. The van der Waals surface area contributed by atoms with Gasteiger partial charge in [-0.25, -0.2) is 4.98 Å². The summed E-state index contributed by atoms with van der Waals surface area (Å²) in [6, 6.07) is 8.44. The van der Waals surface area contributed by atoms with Gasteiger partial charge in [0.25, 0.3) is 5.91 Å². The number of rotatable bonds is 6. The third-order valence-electron chi connectivity index (χ3n) is 4.54. The Morgan fingerprint density at radius 3 is 2.90 bits per heavy atom. The van der Waals surface area contributed by atoms with Crippen LogP contribution in [0.2, 0.25) is 0 Å². The minimum atomic E-state index is -1.77. The van der Waals surface area contributed by atoms with Crippen molar-refractivity contribution in [3.8, 4) is 17.3 Å². The fraction of sp³-hybridized carbons (Fsp3) is 0.300. The van der Waals surface area contributed by atoms with Crippen LogP contribution in [0.25, 0.3) is 11.4 Å². The number of amides is 1. The first-order valence-corrected chi connectivity index (χ1v) is 9.15. The van der Waals surface area contributed by atoms with E-state index in [0.717, 1.165) is 6.42 Å². The molecule has 0 saturated carbocycles. The molecule has 29 heavy (non-hydrogen) atoms. The van der Waals surface area contributed by atoms with E-state index in [9.17, 15) is 9.90 Å². The third kappa shape index (κ3) is 4.25. The number of nitrogens with one attached hydrogen (secondary N) is 1. The van der Waals surface area contributed by atoms with Gasteiger partial charge in [-0.2, -0.15) is 0 Å². The molecule has 0 radical (unpaired) electrons. The number of hydrogen-bond acceptors (Lipinski definition) is 8. The Labute approximate surface area is 166 Å². The Hall–Kier alpha value is -3.30. The zero-order chi connectivity index (χ0) is 20.3. The first-order chi connectivity index (χ1) is 14.0. The monoisotopic (exact) mass is 396 g/mol. The SMILES string of the molecule is C[C@](O)(Oc1ccc(C(=O)NC2CCOC2)cn1)c1conc1-c1ccccn1. The van der Waals surface area contributed by atoms with Crippen LogP contribution in [0, 0.1) is 0 Å². The van der Waals surface area contributed by atoms with Crippen LogP contribution in [0.1, 0.15) is 29.3 Å². The molecule has 4 heterocycles. The quantitative estimate of drug-likeness (QED) is 0.606. The van der Waals surface area contributed by atoms with Crippen LogP contribution in [-0.4, -0.2) is 45.4 Å². The topological polar surface area (TPSA) is 120 Å². The van der Waals surface area contributed by atoms with E-state index in [1.165, 1.54) is 25.5 Å². The zero-order valence-corrected chi connectivity index (χ0v) is 15.7. The zero-order valence-electron chi connectivity index (χ0n) is 15.7. The van der Waals surface area contributed by atoms with Crippen LogP contribution in [0.15, 0.2) is 53.5 Å². The van der Waals surface area contributed by atoms with Crippen molar-refractivity contribution in [3.63, 3.8) is 0 Å². The smallest absolute Gasteiger partial charge is 0.253 e. The number of hydrogen-bond donors (Lipinski definition) is 2. The van der Waals surface area contributed by atoms with E-state index < -0.39 is 5.79 Å². The molecule has 0 aromatic carbocycles. The number of aromatic nitrogens is 3. The van der Waals surface area contributed by atoms with Gasteiger partial charge in [-0.15, -0.1) is 0 Å². The molecule has 3 aromatic rings. The van der Waals surface area contributed by atoms with Gasteiger partial charge >= 0.3 is 0 Å². The van der Waals surface area contributed by atoms with Gasteiger partial charge in [0.1, 0.15) is 12.0 Å². The molecule has 150 valence electrons. The Morgan fingerprint density at radius 2 is 2.21 bits per heavy atom. The number of ether oxygens (including phenoxy) is 2. The van der Waals surface area contributed by atoms with E-state index in [1.807, 2.05) is 0 Å². The summed E-state index contributed by atoms with van der Waals surface area (Å²) in [6.07, 6.45) is 5.10. The van der Waals surface area contributed by atoms with Gasteiger partial charge in [-0.3, -0.25) is 9.78 Å². The molecule has 9 nitrogen and oxygen atoms in total. The fourth-order valence-corrected chi connectivity index (χ4v) is 3.00. The van der Waals surface area contributed by atoms with Gasteiger partial charge in [-0.1, -0.05) is 11.2 Å². The molecule has 2 atom stereocenters. The molecule has 2 N–H and O–H groups in total. The predicted octanol–water partition coefficient (Wildman–Crippen LogP) is 1.89. The van der Waals surface area contributed by atoms with Gasteiger partial charge in [0, 0.05) is 32.0 Å². The molecule has 3 aromatic heterocycles. The lowest BCUT2D eigenvalue weighted by molar-refractivity contribution is -0.131. The lowest BCUT2D eigenvalue weighted by Crippen LogP contribution is -2.35. The highest BCUT2D eigenvalue weighted by Crippen LogP contribution is 2.31. The highest BCUT2D eigenvalue weighted by atomic mass is 16.6.